The minimum absolute atomic E-state index is 0.0275. The van der Waals surface area contributed by atoms with E-state index in [-0.39, 0.29) is 25.0 Å². The predicted molar refractivity (Wildman–Crippen MR) is 92.4 cm³/mol. The maximum Gasteiger partial charge on any atom is 0.511 e. The molecule has 3 N–H and O–H groups in total. The largest absolute Gasteiger partial charge is 0.511 e. The number of methoxy groups -OCH3 is 1. The molecule has 1 aliphatic rings. The van der Waals surface area contributed by atoms with E-state index in [1.54, 1.807) is 31.4 Å². The molecule has 0 radical (unpaired) electrons. The monoisotopic (exact) mass is 394 g/mol. The van der Waals surface area contributed by atoms with Crippen molar-refractivity contribution in [3.8, 4) is 5.75 Å². The van der Waals surface area contributed by atoms with Gasteiger partial charge in [0.05, 0.1) is 7.11 Å². The standard InChI is InChI=1S/C15H21F3N4O3S/c1-25-13-4-2-3-12(9-13)21-14(19)20-10-11-5-7-22(8-6-11)26(23,24)15(16,17)18/h2-4,9,11H,5-8,10H2,1H3,(H3,19,20,21). The van der Waals surface area contributed by atoms with E-state index in [2.05, 4.69) is 10.3 Å². The minimum Gasteiger partial charge on any atom is -0.497 e. The first-order valence-corrected chi connectivity index (χ1v) is 9.35. The van der Waals surface area contributed by atoms with Gasteiger partial charge in [0.25, 0.3) is 0 Å². The number of alkyl halides is 3. The molecule has 1 heterocycles. The van der Waals surface area contributed by atoms with Gasteiger partial charge >= 0.3 is 15.5 Å². The summed E-state index contributed by atoms with van der Waals surface area (Å²) >= 11 is 0. The number of nitrogens with zero attached hydrogens (tertiary/aromatic N) is 2. The van der Waals surface area contributed by atoms with Crippen molar-refractivity contribution in [2.24, 2.45) is 16.6 Å². The maximum atomic E-state index is 12.5. The molecular weight excluding hydrogens is 373 g/mol. The van der Waals surface area contributed by atoms with Gasteiger partial charge in [0.1, 0.15) is 5.75 Å². The van der Waals surface area contributed by atoms with Gasteiger partial charge in [-0.25, -0.2) is 8.42 Å². The quantitative estimate of drug-likeness (QED) is 0.588. The Labute approximate surface area is 150 Å². The van der Waals surface area contributed by atoms with Crippen LogP contribution in [0.4, 0.5) is 18.9 Å². The van der Waals surface area contributed by atoms with Crippen molar-refractivity contribution in [1.29, 1.82) is 0 Å². The molecule has 0 amide bonds. The van der Waals surface area contributed by atoms with Gasteiger partial charge < -0.3 is 15.8 Å². The summed E-state index contributed by atoms with van der Waals surface area (Å²) in [7, 11) is -3.71. The van der Waals surface area contributed by atoms with Crippen LogP contribution in [-0.2, 0) is 10.0 Å². The zero-order valence-electron chi connectivity index (χ0n) is 14.2. The average Bonchev–Trinajstić information content (AvgIpc) is 2.59. The summed E-state index contributed by atoms with van der Waals surface area (Å²) in [5, 5.41) is 2.90. The van der Waals surface area contributed by atoms with E-state index in [1.165, 1.54) is 0 Å². The summed E-state index contributed by atoms with van der Waals surface area (Å²) in [6, 6.07) is 7.08. The molecule has 1 aromatic carbocycles. The molecule has 11 heteroatoms. The van der Waals surface area contributed by atoms with Crippen molar-refractivity contribution in [2.45, 2.75) is 18.3 Å². The number of nitrogens with two attached hydrogens (primary N) is 1. The molecule has 146 valence electrons. The fraction of sp³-hybridized carbons (Fsp3) is 0.533. The van der Waals surface area contributed by atoms with Gasteiger partial charge in [-0.1, -0.05) is 6.07 Å². The van der Waals surface area contributed by atoms with Crippen molar-refractivity contribution in [3.05, 3.63) is 24.3 Å². The van der Waals surface area contributed by atoms with E-state index in [9.17, 15) is 21.6 Å². The molecule has 1 fully saturated rings. The van der Waals surface area contributed by atoms with Crippen molar-refractivity contribution < 1.29 is 26.3 Å². The zero-order valence-corrected chi connectivity index (χ0v) is 15.0. The summed E-state index contributed by atoms with van der Waals surface area (Å²) < 4.78 is 65.9. The normalized spacial score (nSPS) is 17.9. The lowest BCUT2D eigenvalue weighted by molar-refractivity contribution is -0.0496. The van der Waals surface area contributed by atoms with Gasteiger partial charge in [-0.3, -0.25) is 4.99 Å². The predicted octanol–water partition coefficient (Wildman–Crippen LogP) is 1.98. The highest BCUT2D eigenvalue weighted by Crippen LogP contribution is 2.30. The number of piperidine rings is 1. The lowest BCUT2D eigenvalue weighted by atomic mass is 9.98. The molecule has 0 atom stereocenters. The Bertz CT molecular complexity index is 745. The van der Waals surface area contributed by atoms with Crippen LogP contribution in [0.5, 0.6) is 5.75 Å². The molecule has 0 unspecified atom stereocenters. The first-order chi connectivity index (χ1) is 12.1. The molecule has 0 saturated carbocycles. The van der Waals surface area contributed by atoms with E-state index in [1.807, 2.05) is 0 Å². The molecule has 0 spiro atoms. The molecular formula is C15H21F3N4O3S. The van der Waals surface area contributed by atoms with Gasteiger partial charge in [0.2, 0.25) is 0 Å². The number of halogens is 3. The van der Waals surface area contributed by atoms with Crippen LogP contribution < -0.4 is 15.8 Å². The Kier molecular flexibility index (Phi) is 6.34. The number of guanidine groups is 1. The summed E-state index contributed by atoms with van der Waals surface area (Å²) in [6.07, 6.45) is 0.594. The van der Waals surface area contributed by atoms with Gasteiger partial charge in [-0.05, 0) is 30.9 Å². The Morgan fingerprint density at radius 1 is 1.38 bits per heavy atom. The second kappa shape index (κ2) is 8.12. The Morgan fingerprint density at radius 2 is 2.04 bits per heavy atom. The van der Waals surface area contributed by atoms with Gasteiger partial charge in [0, 0.05) is 31.4 Å². The fourth-order valence-corrected chi connectivity index (χ4v) is 3.58. The Balaban J connectivity index is 1.86. The smallest absolute Gasteiger partial charge is 0.497 e. The first-order valence-electron chi connectivity index (χ1n) is 7.91. The van der Waals surface area contributed by atoms with Gasteiger partial charge in [-0.15, -0.1) is 0 Å². The molecule has 26 heavy (non-hydrogen) atoms. The highest BCUT2D eigenvalue weighted by molar-refractivity contribution is 7.90. The molecule has 1 saturated heterocycles. The SMILES string of the molecule is COc1cccc(NC(N)=NCC2CCN(S(=O)(=O)C(F)(F)F)CC2)c1. The molecule has 1 aliphatic heterocycles. The van der Waals surface area contributed by atoms with Gasteiger partial charge in [0.15, 0.2) is 5.96 Å². The fourth-order valence-electron chi connectivity index (χ4n) is 2.59. The van der Waals surface area contributed by atoms with Crippen molar-refractivity contribution >= 4 is 21.7 Å². The average molecular weight is 394 g/mol. The molecule has 7 nitrogen and oxygen atoms in total. The lowest BCUT2D eigenvalue weighted by Crippen LogP contribution is -2.45. The van der Waals surface area contributed by atoms with Crippen LogP contribution >= 0.6 is 0 Å². The van der Waals surface area contributed by atoms with Crippen molar-refractivity contribution in [3.63, 3.8) is 0 Å². The third-order valence-electron chi connectivity index (χ3n) is 4.07. The third-order valence-corrected chi connectivity index (χ3v) is 5.70. The van der Waals surface area contributed by atoms with Crippen molar-refractivity contribution in [2.75, 3.05) is 32.1 Å². The third kappa shape index (κ3) is 5.01. The Hall–Kier alpha value is -2.01. The highest BCUT2D eigenvalue weighted by atomic mass is 32.2. The highest BCUT2D eigenvalue weighted by Gasteiger charge is 2.50. The second-order valence-electron chi connectivity index (χ2n) is 5.88. The summed E-state index contributed by atoms with van der Waals surface area (Å²) in [5.74, 6) is 0.796. The number of sulfonamides is 1. The summed E-state index contributed by atoms with van der Waals surface area (Å²) in [6.45, 7) is -0.0425. The zero-order chi connectivity index (χ0) is 19.4. The summed E-state index contributed by atoms with van der Waals surface area (Å²) in [5.41, 5.74) is 1.24. The van der Waals surface area contributed by atoms with Crippen LogP contribution in [0.15, 0.2) is 29.3 Å². The number of anilines is 1. The molecule has 0 aromatic heterocycles. The van der Waals surface area contributed by atoms with Crippen molar-refractivity contribution in [1.82, 2.24) is 4.31 Å². The minimum atomic E-state index is -5.26. The number of hydrogen-bond acceptors (Lipinski definition) is 4. The molecule has 0 aliphatic carbocycles. The maximum absolute atomic E-state index is 12.5. The molecule has 1 aromatic rings. The first kappa shape index (κ1) is 20.3. The number of rotatable bonds is 5. The topological polar surface area (TPSA) is 97.0 Å². The van der Waals surface area contributed by atoms with E-state index in [0.29, 0.717) is 35.1 Å². The van der Waals surface area contributed by atoms with Gasteiger partial charge in [-0.2, -0.15) is 17.5 Å². The molecule has 0 bridgehead atoms. The van der Waals surface area contributed by atoms with E-state index in [4.69, 9.17) is 10.5 Å². The number of nitrogens with one attached hydrogen (secondary N) is 1. The van der Waals surface area contributed by atoms with Crippen LogP contribution in [0.3, 0.4) is 0 Å². The molecule has 2 rings (SSSR count). The number of aliphatic imine (C=N–C) groups is 1. The Morgan fingerprint density at radius 3 is 2.62 bits per heavy atom. The van der Waals surface area contributed by atoms with Crippen LogP contribution in [-0.4, -0.2) is 50.9 Å². The number of ether oxygens (including phenoxy) is 1. The van der Waals surface area contributed by atoms with E-state index in [0.717, 1.165) is 0 Å². The van der Waals surface area contributed by atoms with Crippen LogP contribution in [0, 0.1) is 5.92 Å². The van der Waals surface area contributed by atoms with E-state index < -0.39 is 15.5 Å². The second-order valence-corrected chi connectivity index (χ2v) is 7.81. The van der Waals surface area contributed by atoms with Crippen LogP contribution in [0.25, 0.3) is 0 Å². The van der Waals surface area contributed by atoms with Crippen LogP contribution in [0.1, 0.15) is 12.8 Å². The van der Waals surface area contributed by atoms with E-state index >= 15 is 0 Å². The van der Waals surface area contributed by atoms with Crippen LogP contribution in [0.2, 0.25) is 0 Å². The lowest BCUT2D eigenvalue weighted by Gasteiger charge is -2.30. The number of hydrogen-bond donors (Lipinski definition) is 2. The summed E-state index contributed by atoms with van der Waals surface area (Å²) in [4.78, 5) is 4.19. The number of benzene rings is 1.